The van der Waals surface area contributed by atoms with Crippen LogP contribution in [-0.4, -0.2) is 29.1 Å². The number of nitrogens with zero attached hydrogens (tertiary/aromatic N) is 2. The van der Waals surface area contributed by atoms with Gasteiger partial charge in [0.15, 0.2) is 0 Å². The summed E-state index contributed by atoms with van der Waals surface area (Å²) in [6.07, 6.45) is 0.618. The van der Waals surface area contributed by atoms with Gasteiger partial charge in [-0.25, -0.2) is 0 Å². The molecule has 1 aliphatic rings. The predicted octanol–water partition coefficient (Wildman–Crippen LogP) is 6.53. The lowest BCUT2D eigenvalue weighted by molar-refractivity contribution is 0.0568. The van der Waals surface area contributed by atoms with Gasteiger partial charge in [0.25, 0.3) is 5.91 Å². The highest BCUT2D eigenvalue weighted by Gasteiger charge is 2.32. The van der Waals surface area contributed by atoms with Gasteiger partial charge < -0.3 is 14.4 Å². The second-order valence-electron chi connectivity index (χ2n) is 10.4. The van der Waals surface area contributed by atoms with E-state index in [1.165, 1.54) is 0 Å². The molecule has 5 heteroatoms. The fourth-order valence-electron chi connectivity index (χ4n) is 4.82. The molecule has 37 heavy (non-hydrogen) atoms. The van der Waals surface area contributed by atoms with Gasteiger partial charge >= 0.3 is 0 Å². The van der Waals surface area contributed by atoms with Gasteiger partial charge in [-0.05, 0) is 91.6 Å². The summed E-state index contributed by atoms with van der Waals surface area (Å²) in [6, 6.07) is 29.1. The van der Waals surface area contributed by atoms with Crippen molar-refractivity contribution < 1.29 is 14.3 Å². The molecular weight excluding hydrogens is 460 g/mol. The highest BCUT2D eigenvalue weighted by atomic mass is 16.5. The van der Waals surface area contributed by atoms with Crippen LogP contribution in [0.15, 0.2) is 84.9 Å². The van der Waals surface area contributed by atoms with E-state index in [1.54, 1.807) is 0 Å². The molecule has 0 saturated heterocycles. The maximum absolute atomic E-state index is 13.9. The first kappa shape index (κ1) is 24.4. The average molecular weight is 491 g/mol. The number of ether oxygens (including phenoxy) is 2. The van der Waals surface area contributed by atoms with Crippen molar-refractivity contribution in [2.24, 2.45) is 0 Å². The Kier molecular flexibility index (Phi) is 6.58. The van der Waals surface area contributed by atoms with Crippen LogP contribution in [0.4, 0.5) is 0 Å². The maximum Gasteiger partial charge on any atom is 0.255 e. The monoisotopic (exact) mass is 490 g/mol. The third kappa shape index (κ3) is 5.44. The van der Waals surface area contributed by atoms with Crippen molar-refractivity contribution in [2.45, 2.75) is 45.4 Å². The van der Waals surface area contributed by atoms with Gasteiger partial charge in [0.05, 0.1) is 17.7 Å². The molecule has 0 spiro atoms. The van der Waals surface area contributed by atoms with E-state index in [0.29, 0.717) is 30.7 Å². The van der Waals surface area contributed by atoms with E-state index in [9.17, 15) is 10.1 Å². The molecule has 0 bridgehead atoms. The van der Waals surface area contributed by atoms with Crippen molar-refractivity contribution in [3.05, 3.63) is 107 Å². The molecule has 0 saturated carbocycles. The van der Waals surface area contributed by atoms with Gasteiger partial charge in [0.1, 0.15) is 23.7 Å². The minimum atomic E-state index is -0.275. The Bertz CT molecular complexity index is 1470. The summed E-state index contributed by atoms with van der Waals surface area (Å²) in [5.74, 6) is 1.48. The number of rotatable bonds is 5. The van der Waals surface area contributed by atoms with Crippen molar-refractivity contribution in [1.29, 1.82) is 5.26 Å². The molecule has 0 radical (unpaired) electrons. The Morgan fingerprint density at radius 3 is 2.43 bits per heavy atom. The molecule has 1 atom stereocenters. The van der Waals surface area contributed by atoms with E-state index >= 15 is 0 Å². The fourth-order valence-corrected chi connectivity index (χ4v) is 4.82. The van der Waals surface area contributed by atoms with Crippen LogP contribution in [0.3, 0.4) is 0 Å². The Hall–Kier alpha value is -4.30. The number of amides is 1. The number of fused-ring (bicyclic) bond motifs is 2. The van der Waals surface area contributed by atoms with E-state index in [-0.39, 0.29) is 17.6 Å². The van der Waals surface area contributed by atoms with Gasteiger partial charge in [-0.1, -0.05) is 42.5 Å². The molecule has 0 fully saturated rings. The Balaban J connectivity index is 1.42. The summed E-state index contributed by atoms with van der Waals surface area (Å²) in [4.78, 5) is 15.9. The third-order valence-corrected chi connectivity index (χ3v) is 6.54. The van der Waals surface area contributed by atoms with Gasteiger partial charge in [0, 0.05) is 12.1 Å². The van der Waals surface area contributed by atoms with Crippen molar-refractivity contribution in [2.75, 3.05) is 6.61 Å². The molecule has 0 unspecified atom stereocenters. The summed E-state index contributed by atoms with van der Waals surface area (Å²) in [7, 11) is 0. The smallest absolute Gasteiger partial charge is 0.255 e. The van der Waals surface area contributed by atoms with Crippen LogP contribution < -0.4 is 9.47 Å². The summed E-state index contributed by atoms with van der Waals surface area (Å²) in [5, 5.41) is 11.4. The Morgan fingerprint density at radius 2 is 1.68 bits per heavy atom. The van der Waals surface area contributed by atoms with Crippen LogP contribution in [0.2, 0.25) is 0 Å². The van der Waals surface area contributed by atoms with E-state index in [1.807, 2.05) is 111 Å². The summed E-state index contributed by atoms with van der Waals surface area (Å²) in [6.45, 7) is 6.84. The highest BCUT2D eigenvalue weighted by molar-refractivity contribution is 6.07. The van der Waals surface area contributed by atoms with Gasteiger partial charge in [-0.2, -0.15) is 5.26 Å². The molecule has 186 valence electrons. The topological polar surface area (TPSA) is 62.6 Å². The molecule has 4 aromatic rings. The Morgan fingerprint density at radius 1 is 0.946 bits per heavy atom. The second kappa shape index (κ2) is 9.99. The normalized spacial score (nSPS) is 15.1. The van der Waals surface area contributed by atoms with E-state index in [2.05, 4.69) is 6.07 Å². The van der Waals surface area contributed by atoms with Gasteiger partial charge in [-0.15, -0.1) is 0 Å². The minimum absolute atomic E-state index is 0.0191. The predicted molar refractivity (Wildman–Crippen MR) is 145 cm³/mol. The molecule has 0 aromatic heterocycles. The molecule has 1 aliphatic heterocycles. The quantitative estimate of drug-likeness (QED) is 0.319. The van der Waals surface area contributed by atoms with Crippen LogP contribution in [0.1, 0.15) is 47.8 Å². The molecule has 0 N–H and O–H groups in total. The Labute approximate surface area is 217 Å². The molecule has 5 rings (SSSR count). The number of carbonyl (C=O) groups is 1. The van der Waals surface area contributed by atoms with Crippen LogP contribution in [-0.2, 0) is 13.0 Å². The SMILES string of the molecule is CC(C)(C)Oc1ccc(OC[C@@H]2Cc3cc(C#N)ccc3CN2C(=O)c2cccc3ccccc23)cc1. The van der Waals surface area contributed by atoms with Crippen molar-refractivity contribution >= 4 is 16.7 Å². The lowest BCUT2D eigenvalue weighted by Gasteiger charge is -2.37. The van der Waals surface area contributed by atoms with E-state index in [0.717, 1.165) is 33.4 Å². The molecule has 1 amide bonds. The van der Waals surface area contributed by atoms with E-state index in [4.69, 9.17) is 9.47 Å². The molecule has 4 aromatic carbocycles. The zero-order valence-electron chi connectivity index (χ0n) is 21.4. The average Bonchev–Trinajstić information content (AvgIpc) is 2.90. The number of hydrogen-bond acceptors (Lipinski definition) is 4. The fraction of sp³-hybridized carbons (Fsp3) is 0.250. The van der Waals surface area contributed by atoms with Crippen molar-refractivity contribution in [3.63, 3.8) is 0 Å². The third-order valence-electron chi connectivity index (χ3n) is 6.54. The largest absolute Gasteiger partial charge is 0.491 e. The number of carbonyl (C=O) groups excluding carboxylic acids is 1. The standard InChI is InChI=1S/C32H30N2O3/c1-32(2,3)37-28-15-13-27(14-16-28)36-21-26-18-25-17-22(19-33)11-12-24(25)20-34(26)31(35)30-10-6-8-23-7-4-5-9-29(23)30/h4-17,26H,18,20-21H2,1-3H3/t26-/m0/s1. The van der Waals surface area contributed by atoms with Gasteiger partial charge in [0.2, 0.25) is 0 Å². The lowest BCUT2D eigenvalue weighted by atomic mass is 9.91. The summed E-state index contributed by atoms with van der Waals surface area (Å²) >= 11 is 0. The van der Waals surface area contributed by atoms with Crippen molar-refractivity contribution in [3.8, 4) is 17.6 Å². The first-order valence-electron chi connectivity index (χ1n) is 12.5. The molecule has 5 nitrogen and oxygen atoms in total. The van der Waals surface area contributed by atoms with E-state index < -0.39 is 0 Å². The van der Waals surface area contributed by atoms with Crippen molar-refractivity contribution in [1.82, 2.24) is 4.90 Å². The molecule has 1 heterocycles. The lowest BCUT2D eigenvalue weighted by Crippen LogP contribution is -2.47. The second-order valence-corrected chi connectivity index (χ2v) is 10.4. The number of hydrogen-bond donors (Lipinski definition) is 0. The highest BCUT2D eigenvalue weighted by Crippen LogP contribution is 2.29. The maximum atomic E-state index is 13.9. The zero-order chi connectivity index (χ0) is 26.0. The number of nitriles is 1. The first-order chi connectivity index (χ1) is 17.8. The molecular formula is C32H30N2O3. The van der Waals surface area contributed by atoms with Crippen LogP contribution >= 0.6 is 0 Å². The van der Waals surface area contributed by atoms with Gasteiger partial charge in [-0.3, -0.25) is 4.79 Å². The zero-order valence-corrected chi connectivity index (χ0v) is 21.4. The van der Waals surface area contributed by atoms with Crippen LogP contribution in [0.5, 0.6) is 11.5 Å². The van der Waals surface area contributed by atoms with Crippen LogP contribution in [0.25, 0.3) is 10.8 Å². The summed E-state index contributed by atoms with van der Waals surface area (Å²) < 4.78 is 12.1. The number of benzene rings is 4. The minimum Gasteiger partial charge on any atom is -0.491 e. The first-order valence-corrected chi connectivity index (χ1v) is 12.5. The van der Waals surface area contributed by atoms with Crippen LogP contribution in [0, 0.1) is 11.3 Å². The summed E-state index contributed by atoms with van der Waals surface area (Å²) in [5.41, 5.74) is 3.18. The molecule has 0 aliphatic carbocycles.